The van der Waals surface area contributed by atoms with Gasteiger partial charge in [-0.05, 0) is 19.8 Å². The Morgan fingerprint density at radius 2 is 2.22 bits per heavy atom. The van der Waals surface area contributed by atoms with Gasteiger partial charge in [-0.1, -0.05) is 6.42 Å². The minimum absolute atomic E-state index is 0.0635. The molecule has 0 atom stereocenters. The number of nitrogens with zero attached hydrogens (tertiary/aromatic N) is 6. The fourth-order valence-corrected chi connectivity index (χ4v) is 3.51. The normalized spacial score (nSPS) is 17.5. The predicted molar refractivity (Wildman–Crippen MR) is 100 cm³/mol. The number of aromatic nitrogens is 4. The van der Waals surface area contributed by atoms with Crippen molar-refractivity contribution in [2.45, 2.75) is 39.3 Å². The van der Waals surface area contributed by atoms with E-state index < -0.39 is 0 Å². The minimum atomic E-state index is -0.246. The first kappa shape index (κ1) is 17.3. The van der Waals surface area contributed by atoms with Crippen molar-refractivity contribution < 1.29 is 4.79 Å². The molecule has 2 N–H and O–H groups in total. The first-order valence-electron chi connectivity index (χ1n) is 9.04. The minimum Gasteiger partial charge on any atom is -0.350 e. The number of hydrogen-bond donors (Lipinski definition) is 2. The van der Waals surface area contributed by atoms with Crippen LogP contribution in [0.5, 0.6) is 0 Å². The molecule has 1 aliphatic carbocycles. The molecule has 0 unspecified atom stereocenters. The molecule has 140 valence electrons. The number of anilines is 3. The molecule has 0 bridgehead atoms. The molecule has 0 spiro atoms. The van der Waals surface area contributed by atoms with Gasteiger partial charge in [-0.15, -0.1) is 0 Å². The van der Waals surface area contributed by atoms with Crippen LogP contribution in [0.3, 0.4) is 0 Å². The molecule has 1 saturated carbocycles. The summed E-state index contributed by atoms with van der Waals surface area (Å²) in [5.74, 6) is 1.15. The number of fused-ring (bicyclic) bond motifs is 1. The van der Waals surface area contributed by atoms with E-state index >= 15 is 0 Å². The molecule has 0 radical (unpaired) electrons. The molecular weight excluding hydrogens is 344 g/mol. The molecule has 1 aliphatic heterocycles. The Hall–Kier alpha value is -3.15. The largest absolute Gasteiger partial charge is 0.350 e. The summed E-state index contributed by atoms with van der Waals surface area (Å²) in [4.78, 5) is 22.5. The second-order valence-corrected chi connectivity index (χ2v) is 7.38. The fraction of sp³-hybridized carbons (Fsp3) is 0.500. The molecule has 4 rings (SSSR count). The number of likely N-dealkylation sites (N-methyl/N-ethyl adjacent to an activating group) is 1. The molecule has 1 amide bonds. The Labute approximate surface area is 157 Å². The fourth-order valence-electron chi connectivity index (χ4n) is 3.51. The van der Waals surface area contributed by atoms with Crippen molar-refractivity contribution >= 4 is 23.4 Å². The lowest BCUT2D eigenvalue weighted by molar-refractivity contribution is -0.115. The molecule has 9 heteroatoms. The standard InChI is InChI=1S/C18H22N8O/c1-12-15-16(25(2)9-14(27)23-15)24-17(22-12)20-6-13-7-21-26(8-13)11-18(10-19)4-3-5-18/h7-8H,3-6,9,11H2,1-2H3,(H,23,27)(H,20,22,24). The van der Waals surface area contributed by atoms with Crippen molar-refractivity contribution in [3.8, 4) is 6.07 Å². The van der Waals surface area contributed by atoms with Gasteiger partial charge in [0.1, 0.15) is 5.69 Å². The van der Waals surface area contributed by atoms with Crippen LogP contribution in [0.15, 0.2) is 12.4 Å². The number of aryl methyl sites for hydroxylation is 1. The van der Waals surface area contributed by atoms with E-state index in [1.165, 1.54) is 0 Å². The van der Waals surface area contributed by atoms with Gasteiger partial charge in [0, 0.05) is 25.4 Å². The molecule has 2 aromatic heterocycles. The third kappa shape index (κ3) is 3.30. The molecular formula is C18H22N8O. The van der Waals surface area contributed by atoms with Gasteiger partial charge >= 0.3 is 0 Å². The second-order valence-electron chi connectivity index (χ2n) is 7.38. The highest BCUT2D eigenvalue weighted by atomic mass is 16.2. The first-order chi connectivity index (χ1) is 13.0. The van der Waals surface area contributed by atoms with Gasteiger partial charge in [0.05, 0.1) is 36.5 Å². The van der Waals surface area contributed by atoms with E-state index in [0.29, 0.717) is 30.5 Å². The second kappa shape index (κ2) is 6.54. The van der Waals surface area contributed by atoms with Crippen molar-refractivity contribution in [1.82, 2.24) is 19.7 Å². The molecule has 0 saturated heterocycles. The highest BCUT2D eigenvalue weighted by Gasteiger charge is 2.37. The highest BCUT2D eigenvalue weighted by Crippen LogP contribution is 2.41. The average molecular weight is 366 g/mol. The lowest BCUT2D eigenvalue weighted by Crippen LogP contribution is -2.36. The zero-order valence-corrected chi connectivity index (χ0v) is 15.5. The number of rotatable bonds is 5. The van der Waals surface area contributed by atoms with Crippen LogP contribution in [-0.2, 0) is 17.9 Å². The van der Waals surface area contributed by atoms with E-state index in [1.54, 1.807) is 6.20 Å². The zero-order valence-electron chi connectivity index (χ0n) is 15.5. The molecule has 0 aromatic carbocycles. The summed E-state index contributed by atoms with van der Waals surface area (Å²) < 4.78 is 1.85. The topological polar surface area (TPSA) is 112 Å². The van der Waals surface area contributed by atoms with Gasteiger partial charge in [-0.3, -0.25) is 9.48 Å². The van der Waals surface area contributed by atoms with Crippen LogP contribution < -0.4 is 15.5 Å². The van der Waals surface area contributed by atoms with Crippen LogP contribution in [0.2, 0.25) is 0 Å². The number of carbonyl (C=O) groups excluding carboxylic acids is 1. The van der Waals surface area contributed by atoms with Crippen molar-refractivity contribution in [2.24, 2.45) is 5.41 Å². The lowest BCUT2D eigenvalue weighted by atomic mass is 9.70. The zero-order chi connectivity index (χ0) is 19.0. The summed E-state index contributed by atoms with van der Waals surface area (Å²) in [7, 11) is 1.84. The monoisotopic (exact) mass is 366 g/mol. The maximum Gasteiger partial charge on any atom is 0.244 e. The van der Waals surface area contributed by atoms with E-state index in [1.807, 2.05) is 29.7 Å². The first-order valence-corrected chi connectivity index (χ1v) is 9.04. The summed E-state index contributed by atoms with van der Waals surface area (Å²) in [5, 5.41) is 19.8. The van der Waals surface area contributed by atoms with Gasteiger partial charge in [-0.25, -0.2) is 4.98 Å². The van der Waals surface area contributed by atoms with Crippen molar-refractivity contribution in [3.63, 3.8) is 0 Å². The number of nitriles is 1. The van der Waals surface area contributed by atoms with Crippen LogP contribution in [0.1, 0.15) is 30.5 Å². The van der Waals surface area contributed by atoms with Crippen LogP contribution in [0, 0.1) is 23.7 Å². The van der Waals surface area contributed by atoms with Gasteiger partial charge in [0.25, 0.3) is 0 Å². The van der Waals surface area contributed by atoms with E-state index in [9.17, 15) is 10.1 Å². The number of amides is 1. The van der Waals surface area contributed by atoms with Gasteiger partial charge in [-0.2, -0.15) is 15.3 Å². The Kier molecular flexibility index (Phi) is 4.18. The third-order valence-electron chi connectivity index (χ3n) is 5.23. The Morgan fingerprint density at radius 1 is 1.41 bits per heavy atom. The van der Waals surface area contributed by atoms with Crippen LogP contribution >= 0.6 is 0 Å². The number of hydrogen-bond acceptors (Lipinski definition) is 7. The van der Waals surface area contributed by atoms with Crippen LogP contribution in [0.25, 0.3) is 0 Å². The Balaban J connectivity index is 1.44. The van der Waals surface area contributed by atoms with Crippen molar-refractivity contribution in [3.05, 3.63) is 23.7 Å². The Morgan fingerprint density at radius 3 is 2.93 bits per heavy atom. The van der Waals surface area contributed by atoms with Crippen LogP contribution in [0.4, 0.5) is 17.5 Å². The maximum absolute atomic E-state index is 11.7. The SMILES string of the molecule is Cc1nc(NCc2cnn(CC3(C#N)CCC3)c2)nc2c1NC(=O)CN2C. The summed E-state index contributed by atoms with van der Waals surface area (Å²) in [6.45, 7) is 3.30. The summed E-state index contributed by atoms with van der Waals surface area (Å²) in [5.41, 5.74) is 2.14. The maximum atomic E-state index is 11.7. The average Bonchev–Trinajstić information content (AvgIpc) is 3.05. The van der Waals surface area contributed by atoms with Crippen molar-refractivity contribution in [2.75, 3.05) is 29.1 Å². The lowest BCUT2D eigenvalue weighted by Gasteiger charge is -2.34. The molecule has 27 heavy (non-hydrogen) atoms. The van der Waals surface area contributed by atoms with E-state index in [0.717, 1.165) is 30.5 Å². The van der Waals surface area contributed by atoms with Crippen LogP contribution in [-0.4, -0.2) is 39.2 Å². The van der Waals surface area contributed by atoms with E-state index in [2.05, 4.69) is 31.8 Å². The molecule has 9 nitrogen and oxygen atoms in total. The van der Waals surface area contributed by atoms with E-state index in [4.69, 9.17) is 0 Å². The smallest absolute Gasteiger partial charge is 0.244 e. The van der Waals surface area contributed by atoms with E-state index in [-0.39, 0.29) is 17.9 Å². The Bertz CT molecular complexity index is 924. The van der Waals surface area contributed by atoms with Crippen molar-refractivity contribution in [1.29, 1.82) is 5.26 Å². The molecule has 2 aliphatic rings. The summed E-state index contributed by atoms with van der Waals surface area (Å²) >= 11 is 0. The van der Waals surface area contributed by atoms with Gasteiger partial charge in [0.2, 0.25) is 11.9 Å². The predicted octanol–water partition coefficient (Wildman–Crippen LogP) is 1.68. The summed E-state index contributed by atoms with van der Waals surface area (Å²) in [6.07, 6.45) is 6.77. The highest BCUT2D eigenvalue weighted by molar-refractivity contribution is 6.00. The molecule has 2 aromatic rings. The summed E-state index contributed by atoms with van der Waals surface area (Å²) in [6, 6.07) is 2.44. The number of nitrogens with one attached hydrogen (secondary N) is 2. The molecule has 3 heterocycles. The van der Waals surface area contributed by atoms with Gasteiger partial charge < -0.3 is 15.5 Å². The number of carbonyl (C=O) groups is 1. The van der Waals surface area contributed by atoms with Gasteiger partial charge in [0.15, 0.2) is 5.82 Å². The quantitative estimate of drug-likeness (QED) is 0.828. The third-order valence-corrected chi connectivity index (χ3v) is 5.23. The molecule has 1 fully saturated rings.